The Bertz CT molecular complexity index is 1470. The van der Waals surface area contributed by atoms with Crippen LogP contribution >= 0.6 is 0 Å². The average molecular weight is 736 g/mol. The van der Waals surface area contributed by atoms with E-state index in [1.807, 2.05) is 13.8 Å². The molecule has 0 fully saturated rings. The van der Waals surface area contributed by atoms with E-state index in [-0.39, 0.29) is 50.2 Å². The van der Waals surface area contributed by atoms with Crippen molar-refractivity contribution >= 4 is 28.0 Å². The summed E-state index contributed by atoms with van der Waals surface area (Å²) >= 11 is 0. The van der Waals surface area contributed by atoms with Gasteiger partial charge in [0.25, 0.3) is 0 Å². The smallest absolute Gasteiger partial charge is 0.308 e. The molecule has 20 heteroatoms. The Morgan fingerprint density at radius 3 is 2.26 bits per heavy atom. The molecule has 0 saturated carbocycles. The Morgan fingerprint density at radius 2 is 1.66 bits per heavy atom. The van der Waals surface area contributed by atoms with Crippen molar-refractivity contribution in [3.63, 3.8) is 0 Å². The van der Waals surface area contributed by atoms with E-state index in [0.717, 1.165) is 10.6 Å². The normalized spacial score (nSPS) is 14.1. The molecule has 0 spiro atoms. The number of aliphatic hydroxyl groups excluding tert-OH is 2. The zero-order valence-corrected chi connectivity index (χ0v) is 29.0. The van der Waals surface area contributed by atoms with Crippen molar-refractivity contribution in [2.75, 3.05) is 44.0 Å². The zero-order chi connectivity index (χ0) is 37.4. The number of benzene rings is 1. The highest BCUT2D eigenvalue weighted by molar-refractivity contribution is 7.92. The molecule has 6 N–H and O–H groups in total. The van der Waals surface area contributed by atoms with Crippen LogP contribution in [0.25, 0.3) is 17.3 Å². The van der Waals surface area contributed by atoms with Crippen LogP contribution in [0.4, 0.5) is 10.3 Å². The van der Waals surface area contributed by atoms with E-state index >= 15 is 0 Å². The number of anilines is 1. The predicted octanol–water partition coefficient (Wildman–Crippen LogP) is 2.44. The molecule has 1 heterocycles. The number of hydrogen-bond acceptors (Lipinski definition) is 17. The molecule has 0 aliphatic carbocycles. The SMILES string of the molecule is CC(C)c1nc(N(C)S(C)(=O)=O)nc(-c2ccc(F)cc2)c1/C=C/C(O)CC(O)CC(=O)OCC(CCOCCCCON(O)O)ON(O)O. The Kier molecular flexibility index (Phi) is 18.2. The van der Waals surface area contributed by atoms with Crippen LogP contribution in [0.1, 0.15) is 63.1 Å². The molecular weight excluding hydrogens is 689 g/mol. The van der Waals surface area contributed by atoms with Gasteiger partial charge in [0.05, 0.1) is 53.7 Å². The number of hydrogen-bond donors (Lipinski definition) is 6. The number of aliphatic hydroxyl groups is 2. The maximum absolute atomic E-state index is 13.7. The summed E-state index contributed by atoms with van der Waals surface area (Å²) in [6.45, 7) is 3.66. The fraction of sp³-hybridized carbons (Fsp3) is 0.567. The van der Waals surface area contributed by atoms with Gasteiger partial charge in [0, 0.05) is 44.2 Å². The molecule has 18 nitrogen and oxygen atoms in total. The highest BCUT2D eigenvalue weighted by Gasteiger charge is 2.23. The quantitative estimate of drug-likeness (QED) is 0.0545. The van der Waals surface area contributed by atoms with E-state index in [2.05, 4.69) is 14.8 Å². The van der Waals surface area contributed by atoms with Crippen molar-refractivity contribution in [2.24, 2.45) is 0 Å². The molecule has 0 radical (unpaired) electrons. The number of carbonyl (C=O) groups is 1. The van der Waals surface area contributed by atoms with Gasteiger partial charge in [-0.1, -0.05) is 26.0 Å². The maximum Gasteiger partial charge on any atom is 0.308 e. The Labute approximate surface area is 289 Å². The van der Waals surface area contributed by atoms with Crippen LogP contribution in [0, 0.1) is 5.82 Å². The van der Waals surface area contributed by atoms with Gasteiger partial charge in [-0.05, 0) is 43.0 Å². The number of aromatic nitrogens is 2. The van der Waals surface area contributed by atoms with Gasteiger partial charge >= 0.3 is 5.97 Å². The van der Waals surface area contributed by atoms with E-state index in [1.165, 1.54) is 43.5 Å². The molecule has 0 amide bonds. The van der Waals surface area contributed by atoms with Crippen LogP contribution in [0.5, 0.6) is 0 Å². The van der Waals surface area contributed by atoms with Crippen molar-refractivity contribution in [3.05, 3.63) is 47.4 Å². The molecule has 0 bridgehead atoms. The number of carbonyl (C=O) groups excluding carboxylic acids is 1. The first kappa shape index (κ1) is 42.9. The standard InChI is InChI=1S/C30H46FN5O13S/c1-20(2)28-26(29(21-7-9-22(31)10-8-21)33-30(32-28)34(3)50(4,44)45)12-11-23(37)17-24(38)18-27(39)47-19-25(49-36(42)43)13-16-46-14-5-6-15-48-35(40)41/h7-12,20,23-25,37-38,40-43H,5-6,13-19H2,1-4H3/b12-11+. The summed E-state index contributed by atoms with van der Waals surface area (Å²) in [4.78, 5) is 30.5. The number of esters is 1. The molecule has 3 unspecified atom stereocenters. The van der Waals surface area contributed by atoms with Gasteiger partial charge in [-0.15, -0.1) is 0 Å². The van der Waals surface area contributed by atoms with Crippen LogP contribution < -0.4 is 4.31 Å². The van der Waals surface area contributed by atoms with Crippen LogP contribution in [0.2, 0.25) is 0 Å². The van der Waals surface area contributed by atoms with Crippen LogP contribution in [-0.2, 0) is 34.0 Å². The topological polar surface area (TPSA) is 245 Å². The van der Waals surface area contributed by atoms with Gasteiger partial charge in [-0.2, -0.15) is 0 Å². The summed E-state index contributed by atoms with van der Waals surface area (Å²) < 4.78 is 49.6. The van der Waals surface area contributed by atoms with Gasteiger partial charge in [0.15, 0.2) is 0 Å². The average Bonchev–Trinajstić information content (AvgIpc) is 3.02. The predicted molar refractivity (Wildman–Crippen MR) is 172 cm³/mol. The van der Waals surface area contributed by atoms with Gasteiger partial charge in [0.2, 0.25) is 16.0 Å². The van der Waals surface area contributed by atoms with E-state index in [9.17, 15) is 27.8 Å². The number of halogens is 1. The van der Waals surface area contributed by atoms with Crippen LogP contribution in [0.15, 0.2) is 30.3 Å². The molecule has 0 aliphatic heterocycles. The summed E-state index contributed by atoms with van der Waals surface area (Å²) in [5.41, 5.74) is 1.60. The molecular formula is C30H46FN5O13S. The monoisotopic (exact) mass is 735 g/mol. The molecule has 282 valence electrons. The lowest BCUT2D eigenvalue weighted by Crippen LogP contribution is -2.31. The van der Waals surface area contributed by atoms with Gasteiger partial charge < -0.3 is 19.7 Å². The first-order chi connectivity index (χ1) is 23.5. The van der Waals surface area contributed by atoms with Crippen LogP contribution in [0.3, 0.4) is 0 Å². The zero-order valence-electron chi connectivity index (χ0n) is 28.2. The van der Waals surface area contributed by atoms with Crippen molar-refractivity contribution in [2.45, 2.75) is 70.2 Å². The minimum Gasteiger partial charge on any atom is -0.463 e. The lowest BCUT2D eigenvalue weighted by atomic mass is 9.97. The third kappa shape index (κ3) is 15.7. The van der Waals surface area contributed by atoms with Crippen molar-refractivity contribution in [1.82, 2.24) is 20.7 Å². The molecule has 1 aromatic carbocycles. The molecule has 2 aromatic rings. The first-order valence-electron chi connectivity index (χ1n) is 15.5. The summed E-state index contributed by atoms with van der Waals surface area (Å²) in [6, 6.07) is 5.40. The van der Waals surface area contributed by atoms with E-state index < -0.39 is 63.9 Å². The minimum absolute atomic E-state index is 0.0501. The third-order valence-corrected chi connectivity index (χ3v) is 8.11. The Morgan fingerprint density at radius 1 is 1.00 bits per heavy atom. The van der Waals surface area contributed by atoms with Gasteiger partial charge in [0.1, 0.15) is 18.5 Å². The summed E-state index contributed by atoms with van der Waals surface area (Å²) in [6.07, 6.45) is 0.538. The van der Waals surface area contributed by atoms with E-state index in [0.29, 0.717) is 29.7 Å². The Balaban J connectivity index is 2.04. The highest BCUT2D eigenvalue weighted by atomic mass is 32.2. The summed E-state index contributed by atoms with van der Waals surface area (Å²) in [7, 11) is -2.42. The molecule has 2 rings (SSSR count). The molecule has 3 atom stereocenters. The second-order valence-electron chi connectivity index (χ2n) is 11.4. The van der Waals surface area contributed by atoms with E-state index in [4.69, 9.17) is 35.1 Å². The fourth-order valence-electron chi connectivity index (χ4n) is 4.35. The number of nitrogens with zero attached hydrogens (tertiary/aromatic N) is 5. The first-order valence-corrected chi connectivity index (χ1v) is 17.4. The molecule has 0 saturated heterocycles. The second kappa shape index (κ2) is 21.2. The van der Waals surface area contributed by atoms with Crippen molar-refractivity contribution in [1.29, 1.82) is 0 Å². The van der Waals surface area contributed by atoms with E-state index in [1.54, 1.807) is 0 Å². The number of sulfonamides is 1. The van der Waals surface area contributed by atoms with Crippen molar-refractivity contribution < 1.29 is 67.8 Å². The van der Waals surface area contributed by atoms with Crippen LogP contribution in [-0.4, -0.2) is 124 Å². The van der Waals surface area contributed by atoms with Crippen molar-refractivity contribution in [3.8, 4) is 11.3 Å². The lowest BCUT2D eigenvalue weighted by Gasteiger charge is -2.20. The molecule has 50 heavy (non-hydrogen) atoms. The third-order valence-electron chi connectivity index (χ3n) is 6.96. The summed E-state index contributed by atoms with van der Waals surface area (Å²) in [5, 5.41) is 55.2. The highest BCUT2D eigenvalue weighted by Crippen LogP contribution is 2.31. The maximum atomic E-state index is 13.7. The molecule has 1 aromatic heterocycles. The number of rotatable bonds is 23. The van der Waals surface area contributed by atoms with Gasteiger partial charge in [-0.25, -0.2) is 31.9 Å². The van der Waals surface area contributed by atoms with Gasteiger partial charge in [-0.3, -0.25) is 30.5 Å². The minimum atomic E-state index is -3.72. The molecule has 0 aliphatic rings. The largest absolute Gasteiger partial charge is 0.463 e. The lowest BCUT2D eigenvalue weighted by molar-refractivity contribution is -0.506. The summed E-state index contributed by atoms with van der Waals surface area (Å²) in [5.74, 6) is -1.69. The second-order valence-corrected chi connectivity index (χ2v) is 13.5. The Hall–Kier alpha value is -3.25. The number of unbranched alkanes of at least 4 members (excludes halogenated alkanes) is 1. The fourth-order valence-corrected chi connectivity index (χ4v) is 4.73. The number of ether oxygens (including phenoxy) is 2.